The number of ether oxygens (including phenoxy) is 2. The number of amides is 1. The third kappa shape index (κ3) is 3.90. The number of fused-ring (bicyclic) bond motifs is 1. The van der Waals surface area contributed by atoms with Crippen LogP contribution in [-0.2, 0) is 9.47 Å². The van der Waals surface area contributed by atoms with E-state index in [4.69, 9.17) is 9.47 Å². The summed E-state index contributed by atoms with van der Waals surface area (Å²) in [5.41, 5.74) is 0.814. The van der Waals surface area contributed by atoms with E-state index in [1.165, 1.54) is 18.4 Å². The van der Waals surface area contributed by atoms with Crippen LogP contribution in [0, 0.1) is 0 Å². The number of thiazole rings is 1. The summed E-state index contributed by atoms with van der Waals surface area (Å²) in [7, 11) is 1.37. The highest BCUT2D eigenvalue weighted by molar-refractivity contribution is 7.22. The van der Waals surface area contributed by atoms with E-state index in [0.717, 1.165) is 15.3 Å². The fourth-order valence-electron chi connectivity index (χ4n) is 2.75. The molecule has 0 N–H and O–H groups in total. The van der Waals surface area contributed by atoms with Crippen LogP contribution in [0.1, 0.15) is 31.1 Å². The molecule has 1 aromatic heterocycles. The molecule has 0 atom stereocenters. The molecule has 0 unspecified atom stereocenters. The van der Waals surface area contributed by atoms with Crippen molar-refractivity contribution in [2.45, 2.75) is 26.4 Å². The summed E-state index contributed by atoms with van der Waals surface area (Å²) in [6.45, 7) is 8.09. The second kappa shape index (κ2) is 7.11. The molecule has 0 saturated carbocycles. The summed E-state index contributed by atoms with van der Waals surface area (Å²) in [5, 5.41) is 0.847. The van der Waals surface area contributed by atoms with E-state index >= 15 is 0 Å². The Labute approximate surface area is 156 Å². The first-order chi connectivity index (χ1) is 12.3. The molecule has 1 fully saturated rings. The van der Waals surface area contributed by atoms with Crippen LogP contribution in [0.5, 0.6) is 0 Å². The normalized spacial score (nSPS) is 15.2. The van der Waals surface area contributed by atoms with Gasteiger partial charge in [-0.25, -0.2) is 14.6 Å². The highest BCUT2D eigenvalue weighted by Crippen LogP contribution is 2.32. The fraction of sp³-hybridized carbons (Fsp3) is 0.500. The lowest BCUT2D eigenvalue weighted by atomic mass is 10.2. The van der Waals surface area contributed by atoms with Gasteiger partial charge in [0.1, 0.15) is 5.60 Å². The van der Waals surface area contributed by atoms with Gasteiger partial charge in [-0.2, -0.15) is 0 Å². The molecule has 1 aliphatic heterocycles. The Balaban J connectivity index is 1.72. The lowest BCUT2D eigenvalue weighted by Crippen LogP contribution is -2.50. The van der Waals surface area contributed by atoms with Crippen molar-refractivity contribution in [3.8, 4) is 0 Å². The molecule has 1 amide bonds. The molecule has 7 nitrogen and oxygen atoms in total. The molecular weight excluding hydrogens is 354 g/mol. The first-order valence-electron chi connectivity index (χ1n) is 8.49. The maximum Gasteiger partial charge on any atom is 0.410 e. The molecule has 3 rings (SSSR count). The van der Waals surface area contributed by atoms with Crippen molar-refractivity contribution in [1.82, 2.24) is 9.88 Å². The topological polar surface area (TPSA) is 72.0 Å². The van der Waals surface area contributed by atoms with E-state index in [2.05, 4.69) is 9.88 Å². The Kier molecular flexibility index (Phi) is 5.04. The van der Waals surface area contributed by atoms with Gasteiger partial charge in [-0.15, -0.1) is 0 Å². The number of methoxy groups -OCH3 is 1. The number of benzene rings is 1. The Morgan fingerprint density at radius 1 is 1.15 bits per heavy atom. The Morgan fingerprint density at radius 2 is 1.85 bits per heavy atom. The summed E-state index contributed by atoms with van der Waals surface area (Å²) >= 11 is 1.47. The number of piperazine rings is 1. The van der Waals surface area contributed by atoms with Gasteiger partial charge in [0.2, 0.25) is 0 Å². The monoisotopic (exact) mass is 377 g/mol. The zero-order valence-electron chi connectivity index (χ0n) is 15.4. The van der Waals surface area contributed by atoms with Gasteiger partial charge in [-0.05, 0) is 32.9 Å². The van der Waals surface area contributed by atoms with Gasteiger partial charge in [0.05, 0.1) is 22.9 Å². The molecule has 8 heteroatoms. The summed E-state index contributed by atoms with van der Waals surface area (Å²) in [6.07, 6.45) is -0.283. The standard InChI is InChI=1S/C18H23N3O4S/c1-18(2,3)25-17(23)21-10-8-20(9-11-21)16-19-13-7-5-6-12(14(13)26-16)15(22)24-4/h5-7H,8-11H2,1-4H3. The smallest absolute Gasteiger partial charge is 0.410 e. The number of aromatic nitrogens is 1. The van der Waals surface area contributed by atoms with Crippen molar-refractivity contribution in [3.63, 3.8) is 0 Å². The number of esters is 1. The lowest BCUT2D eigenvalue weighted by Gasteiger charge is -2.35. The lowest BCUT2D eigenvalue weighted by molar-refractivity contribution is 0.0240. The summed E-state index contributed by atoms with van der Waals surface area (Å²) in [5.74, 6) is -0.361. The van der Waals surface area contributed by atoms with Crippen molar-refractivity contribution < 1.29 is 19.1 Å². The number of hydrogen-bond donors (Lipinski definition) is 0. The largest absolute Gasteiger partial charge is 0.465 e. The van der Waals surface area contributed by atoms with Crippen molar-refractivity contribution in [3.05, 3.63) is 23.8 Å². The van der Waals surface area contributed by atoms with Crippen LogP contribution in [-0.4, -0.2) is 60.8 Å². The van der Waals surface area contributed by atoms with E-state index in [0.29, 0.717) is 31.7 Å². The molecule has 0 radical (unpaired) electrons. The van der Waals surface area contributed by atoms with Crippen LogP contribution < -0.4 is 4.90 Å². The first-order valence-corrected chi connectivity index (χ1v) is 9.31. The van der Waals surface area contributed by atoms with Crippen LogP contribution in [0.2, 0.25) is 0 Å². The van der Waals surface area contributed by atoms with E-state index in [1.807, 2.05) is 26.8 Å². The quantitative estimate of drug-likeness (QED) is 0.749. The third-order valence-corrected chi connectivity index (χ3v) is 5.18. The van der Waals surface area contributed by atoms with Crippen LogP contribution in [0.4, 0.5) is 9.93 Å². The summed E-state index contributed by atoms with van der Waals surface area (Å²) in [4.78, 5) is 32.6. The highest BCUT2D eigenvalue weighted by Gasteiger charge is 2.27. The Morgan fingerprint density at radius 3 is 2.46 bits per heavy atom. The first kappa shape index (κ1) is 18.4. The van der Waals surface area contributed by atoms with Crippen molar-refractivity contribution in [2.24, 2.45) is 0 Å². The van der Waals surface area contributed by atoms with Gasteiger partial charge in [-0.1, -0.05) is 17.4 Å². The van der Waals surface area contributed by atoms with Crippen LogP contribution in [0.3, 0.4) is 0 Å². The average Bonchev–Trinajstić information content (AvgIpc) is 3.04. The zero-order valence-corrected chi connectivity index (χ0v) is 16.3. The van der Waals surface area contributed by atoms with Crippen LogP contribution >= 0.6 is 11.3 Å². The molecular formula is C18H23N3O4S. The minimum absolute atomic E-state index is 0.283. The molecule has 0 bridgehead atoms. The molecule has 140 valence electrons. The second-order valence-corrected chi connectivity index (χ2v) is 8.07. The van der Waals surface area contributed by atoms with Gasteiger partial charge < -0.3 is 19.3 Å². The SMILES string of the molecule is COC(=O)c1cccc2nc(N3CCN(C(=O)OC(C)(C)C)CC3)sc12. The predicted octanol–water partition coefficient (Wildman–Crippen LogP) is 3.14. The van der Waals surface area contributed by atoms with Crippen molar-refractivity contribution >= 4 is 38.7 Å². The number of carbonyl (C=O) groups is 2. The van der Waals surface area contributed by atoms with E-state index in [9.17, 15) is 9.59 Å². The molecule has 1 saturated heterocycles. The molecule has 0 spiro atoms. The van der Waals surface area contributed by atoms with Crippen LogP contribution in [0.15, 0.2) is 18.2 Å². The summed E-state index contributed by atoms with van der Waals surface area (Å²) in [6, 6.07) is 5.44. The van der Waals surface area contributed by atoms with Crippen molar-refractivity contribution in [1.29, 1.82) is 0 Å². The molecule has 1 aliphatic rings. The Bertz CT molecular complexity index is 819. The highest BCUT2D eigenvalue weighted by atomic mass is 32.1. The second-order valence-electron chi connectivity index (χ2n) is 7.10. The number of nitrogens with zero attached hydrogens (tertiary/aromatic N) is 3. The maximum atomic E-state index is 12.2. The average molecular weight is 377 g/mol. The molecule has 2 heterocycles. The van der Waals surface area contributed by atoms with Gasteiger partial charge >= 0.3 is 12.1 Å². The minimum atomic E-state index is -0.495. The number of hydrogen-bond acceptors (Lipinski definition) is 7. The predicted molar refractivity (Wildman–Crippen MR) is 101 cm³/mol. The third-order valence-electron chi connectivity index (χ3n) is 4.01. The van der Waals surface area contributed by atoms with E-state index < -0.39 is 5.60 Å². The number of anilines is 1. The fourth-order valence-corrected chi connectivity index (χ4v) is 3.87. The summed E-state index contributed by atoms with van der Waals surface area (Å²) < 4.78 is 11.1. The van der Waals surface area contributed by atoms with Gasteiger partial charge in [-0.3, -0.25) is 0 Å². The van der Waals surface area contributed by atoms with Crippen LogP contribution in [0.25, 0.3) is 10.2 Å². The van der Waals surface area contributed by atoms with E-state index in [1.54, 1.807) is 17.0 Å². The van der Waals surface area contributed by atoms with Crippen molar-refractivity contribution in [2.75, 3.05) is 38.2 Å². The molecule has 26 heavy (non-hydrogen) atoms. The Hall–Kier alpha value is -2.35. The molecule has 0 aliphatic carbocycles. The minimum Gasteiger partial charge on any atom is -0.465 e. The molecule has 1 aromatic carbocycles. The van der Waals surface area contributed by atoms with Gasteiger partial charge in [0.25, 0.3) is 0 Å². The van der Waals surface area contributed by atoms with Gasteiger partial charge in [0.15, 0.2) is 5.13 Å². The number of rotatable bonds is 2. The molecule has 2 aromatic rings. The van der Waals surface area contributed by atoms with Gasteiger partial charge in [0, 0.05) is 26.2 Å². The van der Waals surface area contributed by atoms with E-state index in [-0.39, 0.29) is 12.1 Å². The number of carbonyl (C=O) groups excluding carboxylic acids is 2. The zero-order chi connectivity index (χ0) is 18.9. The maximum absolute atomic E-state index is 12.2.